The molecule has 9 nitrogen and oxygen atoms in total. The lowest BCUT2D eigenvalue weighted by Gasteiger charge is -2.21. The van der Waals surface area contributed by atoms with Gasteiger partial charge < -0.3 is 24.8 Å². The number of rotatable bonds is 10. The molecule has 2 amide bonds. The van der Waals surface area contributed by atoms with E-state index in [0.29, 0.717) is 53.4 Å². The topological polar surface area (TPSA) is 106 Å². The van der Waals surface area contributed by atoms with Crippen molar-refractivity contribution < 1.29 is 28.6 Å². The summed E-state index contributed by atoms with van der Waals surface area (Å²) in [5, 5.41) is 8.11. The predicted molar refractivity (Wildman–Crippen MR) is 129 cm³/mol. The maximum Gasteiger partial charge on any atom is 0.341 e. The third-order valence-corrected chi connectivity index (χ3v) is 6.49. The SMILES string of the molecule is CCOC(=O)c1c(C2CC2)csc1NC(=O)CN(CC)CC(=O)Nc1ccc2c(c1)OCCO2. The molecule has 0 spiro atoms. The van der Waals surface area contributed by atoms with E-state index in [1.807, 2.05) is 12.3 Å². The quantitative estimate of drug-likeness (QED) is 0.494. The molecule has 0 unspecified atom stereocenters. The monoisotopic (exact) mass is 487 g/mol. The minimum Gasteiger partial charge on any atom is -0.486 e. The standard InChI is InChI=1S/C24H29N3O6S/c1-3-27(12-20(28)25-16-7-8-18-19(11-16)33-10-9-32-18)13-21(29)26-23-22(24(30)31-4-2)17(14-34-23)15-5-6-15/h7-8,11,14-15H,3-6,9-10,12-13H2,1-2H3,(H,25,28)(H,26,29). The molecule has 0 saturated heterocycles. The summed E-state index contributed by atoms with van der Waals surface area (Å²) in [7, 11) is 0. The number of nitrogens with zero attached hydrogens (tertiary/aromatic N) is 1. The number of amides is 2. The van der Waals surface area contributed by atoms with E-state index >= 15 is 0 Å². The van der Waals surface area contributed by atoms with Crippen molar-refractivity contribution in [3.8, 4) is 11.5 Å². The number of benzene rings is 1. The van der Waals surface area contributed by atoms with Crippen molar-refractivity contribution >= 4 is 39.8 Å². The minimum absolute atomic E-state index is 0.0178. The average Bonchev–Trinajstić information content (AvgIpc) is 3.58. The van der Waals surface area contributed by atoms with Gasteiger partial charge in [0.15, 0.2) is 11.5 Å². The van der Waals surface area contributed by atoms with Crippen molar-refractivity contribution in [2.75, 3.05) is 50.1 Å². The largest absolute Gasteiger partial charge is 0.486 e. The first-order valence-electron chi connectivity index (χ1n) is 11.5. The molecule has 1 fully saturated rings. The summed E-state index contributed by atoms with van der Waals surface area (Å²) >= 11 is 1.34. The first-order chi connectivity index (χ1) is 16.5. The third-order valence-electron chi connectivity index (χ3n) is 5.58. The van der Waals surface area contributed by atoms with Gasteiger partial charge >= 0.3 is 5.97 Å². The van der Waals surface area contributed by atoms with Crippen LogP contribution in [0.15, 0.2) is 23.6 Å². The summed E-state index contributed by atoms with van der Waals surface area (Å²) in [6.45, 7) is 5.44. The van der Waals surface area contributed by atoms with Crippen LogP contribution in [0.2, 0.25) is 0 Å². The molecule has 2 aliphatic rings. The summed E-state index contributed by atoms with van der Waals surface area (Å²) in [5.74, 6) is 0.658. The lowest BCUT2D eigenvalue weighted by molar-refractivity contribution is -0.119. The second-order valence-corrected chi connectivity index (χ2v) is 9.03. The van der Waals surface area contributed by atoms with Gasteiger partial charge in [0.2, 0.25) is 11.8 Å². The Balaban J connectivity index is 1.34. The fraction of sp³-hybridized carbons (Fsp3) is 0.458. The van der Waals surface area contributed by atoms with Crippen molar-refractivity contribution in [2.45, 2.75) is 32.6 Å². The van der Waals surface area contributed by atoms with E-state index in [4.69, 9.17) is 14.2 Å². The van der Waals surface area contributed by atoms with Gasteiger partial charge in [-0.15, -0.1) is 11.3 Å². The molecular formula is C24H29N3O6S. The van der Waals surface area contributed by atoms with E-state index in [0.717, 1.165) is 18.4 Å². The molecule has 34 heavy (non-hydrogen) atoms. The van der Waals surface area contributed by atoms with Gasteiger partial charge in [0.25, 0.3) is 0 Å². The highest BCUT2D eigenvalue weighted by atomic mass is 32.1. The highest BCUT2D eigenvalue weighted by Crippen LogP contribution is 2.46. The van der Waals surface area contributed by atoms with Crippen LogP contribution in [-0.2, 0) is 14.3 Å². The number of likely N-dealkylation sites (N-methyl/N-ethyl adjacent to an activating group) is 1. The molecule has 182 valence electrons. The van der Waals surface area contributed by atoms with Crippen LogP contribution in [0.25, 0.3) is 0 Å². The number of carbonyl (C=O) groups excluding carboxylic acids is 3. The summed E-state index contributed by atoms with van der Waals surface area (Å²) < 4.78 is 16.3. The van der Waals surface area contributed by atoms with Gasteiger partial charge in [-0.25, -0.2) is 4.79 Å². The fourth-order valence-electron chi connectivity index (χ4n) is 3.75. The Labute approximate surface area is 202 Å². The Morgan fingerprint density at radius 1 is 1.06 bits per heavy atom. The fourth-order valence-corrected chi connectivity index (χ4v) is 4.79. The summed E-state index contributed by atoms with van der Waals surface area (Å²) in [6.07, 6.45) is 2.08. The number of ether oxygens (including phenoxy) is 3. The van der Waals surface area contributed by atoms with Gasteiger partial charge in [0.1, 0.15) is 18.2 Å². The Morgan fingerprint density at radius 3 is 2.44 bits per heavy atom. The van der Waals surface area contributed by atoms with Crippen molar-refractivity contribution in [1.29, 1.82) is 0 Å². The molecule has 0 radical (unpaired) electrons. The second kappa shape index (κ2) is 10.9. The number of carbonyl (C=O) groups is 3. The van der Waals surface area contributed by atoms with Gasteiger partial charge in [-0.3, -0.25) is 14.5 Å². The van der Waals surface area contributed by atoms with E-state index in [-0.39, 0.29) is 31.5 Å². The van der Waals surface area contributed by atoms with Crippen LogP contribution in [0.5, 0.6) is 11.5 Å². The molecular weight excluding hydrogens is 458 g/mol. The Hall–Kier alpha value is -3.11. The number of esters is 1. The molecule has 2 N–H and O–H groups in total. The molecule has 0 bridgehead atoms. The maximum atomic E-state index is 12.7. The maximum absolute atomic E-state index is 12.7. The Morgan fingerprint density at radius 2 is 1.76 bits per heavy atom. The lowest BCUT2D eigenvalue weighted by atomic mass is 10.1. The van der Waals surface area contributed by atoms with Crippen molar-refractivity contribution in [2.24, 2.45) is 0 Å². The molecule has 1 saturated carbocycles. The second-order valence-electron chi connectivity index (χ2n) is 8.15. The number of thiophene rings is 1. The van der Waals surface area contributed by atoms with Crippen LogP contribution >= 0.6 is 11.3 Å². The molecule has 4 rings (SSSR count). The third kappa shape index (κ3) is 5.87. The van der Waals surface area contributed by atoms with Crippen molar-refractivity contribution in [1.82, 2.24) is 4.90 Å². The lowest BCUT2D eigenvalue weighted by Crippen LogP contribution is -2.38. The van der Waals surface area contributed by atoms with Crippen LogP contribution in [0.4, 0.5) is 10.7 Å². The van der Waals surface area contributed by atoms with Gasteiger partial charge in [0.05, 0.1) is 25.3 Å². The number of fused-ring (bicyclic) bond motifs is 1. The van der Waals surface area contributed by atoms with Crippen molar-refractivity contribution in [3.63, 3.8) is 0 Å². The normalized spacial score (nSPS) is 14.6. The van der Waals surface area contributed by atoms with Crippen LogP contribution in [0.1, 0.15) is 48.5 Å². The number of anilines is 2. The van der Waals surface area contributed by atoms with E-state index < -0.39 is 5.97 Å². The highest BCUT2D eigenvalue weighted by molar-refractivity contribution is 7.15. The molecule has 2 heterocycles. The number of hydrogen-bond acceptors (Lipinski definition) is 8. The van der Waals surface area contributed by atoms with Gasteiger partial charge in [0, 0.05) is 11.8 Å². The van der Waals surface area contributed by atoms with E-state index in [1.54, 1.807) is 30.0 Å². The number of hydrogen-bond donors (Lipinski definition) is 2. The van der Waals surface area contributed by atoms with Gasteiger partial charge in [-0.05, 0) is 55.3 Å². The van der Waals surface area contributed by atoms with Crippen LogP contribution in [0, 0.1) is 0 Å². The van der Waals surface area contributed by atoms with Gasteiger partial charge in [-0.2, -0.15) is 0 Å². The zero-order valence-corrected chi connectivity index (χ0v) is 20.2. The molecule has 10 heteroatoms. The number of nitrogens with one attached hydrogen (secondary N) is 2. The molecule has 1 aliphatic heterocycles. The highest BCUT2D eigenvalue weighted by Gasteiger charge is 2.32. The van der Waals surface area contributed by atoms with Crippen LogP contribution in [-0.4, -0.2) is 62.1 Å². The van der Waals surface area contributed by atoms with E-state index in [9.17, 15) is 14.4 Å². The predicted octanol–water partition coefficient (Wildman–Crippen LogP) is 3.47. The molecule has 1 aliphatic carbocycles. The van der Waals surface area contributed by atoms with Crippen LogP contribution < -0.4 is 20.1 Å². The minimum atomic E-state index is -0.410. The van der Waals surface area contributed by atoms with Crippen LogP contribution in [0.3, 0.4) is 0 Å². The zero-order valence-electron chi connectivity index (χ0n) is 19.3. The zero-order chi connectivity index (χ0) is 24.1. The Kier molecular flexibility index (Phi) is 7.69. The Bertz CT molecular complexity index is 1060. The molecule has 1 aromatic heterocycles. The molecule has 1 aromatic carbocycles. The van der Waals surface area contributed by atoms with E-state index in [1.165, 1.54) is 11.3 Å². The van der Waals surface area contributed by atoms with Gasteiger partial charge in [-0.1, -0.05) is 6.92 Å². The van der Waals surface area contributed by atoms with E-state index in [2.05, 4.69) is 10.6 Å². The smallest absolute Gasteiger partial charge is 0.341 e. The first-order valence-corrected chi connectivity index (χ1v) is 12.4. The average molecular weight is 488 g/mol. The molecule has 2 aromatic rings. The first kappa shape index (κ1) is 24.0. The van der Waals surface area contributed by atoms with Crippen molar-refractivity contribution in [3.05, 3.63) is 34.7 Å². The molecule has 0 atom stereocenters. The summed E-state index contributed by atoms with van der Waals surface area (Å²) in [4.78, 5) is 39.5. The summed E-state index contributed by atoms with van der Waals surface area (Å²) in [6, 6.07) is 5.23. The summed E-state index contributed by atoms with van der Waals surface area (Å²) in [5.41, 5.74) is 2.01.